The Morgan fingerprint density at radius 1 is 1.42 bits per heavy atom. The minimum absolute atomic E-state index is 0.436. The molecule has 0 bridgehead atoms. The molecule has 0 radical (unpaired) electrons. The number of nitrogens with one attached hydrogen (secondary N) is 1. The zero-order valence-electron chi connectivity index (χ0n) is 11.9. The van der Waals surface area contributed by atoms with E-state index >= 15 is 0 Å². The van der Waals surface area contributed by atoms with E-state index in [9.17, 15) is 0 Å². The van der Waals surface area contributed by atoms with Crippen molar-refractivity contribution < 1.29 is 4.74 Å². The van der Waals surface area contributed by atoms with Gasteiger partial charge in [-0.15, -0.1) is 0 Å². The highest BCUT2D eigenvalue weighted by atomic mass is 79.9. The number of halogens is 1. The lowest BCUT2D eigenvalue weighted by Gasteiger charge is -2.21. The number of rotatable bonds is 6. The van der Waals surface area contributed by atoms with Crippen LogP contribution in [0.25, 0.3) is 0 Å². The summed E-state index contributed by atoms with van der Waals surface area (Å²) in [6.45, 7) is 6.27. The van der Waals surface area contributed by atoms with E-state index < -0.39 is 0 Å². The maximum absolute atomic E-state index is 5.73. The van der Waals surface area contributed by atoms with Crippen molar-refractivity contribution in [3.8, 4) is 0 Å². The molecule has 0 amide bonds. The molecule has 2 unspecified atom stereocenters. The van der Waals surface area contributed by atoms with Gasteiger partial charge in [-0.1, -0.05) is 28.9 Å². The number of benzene rings is 1. The van der Waals surface area contributed by atoms with Gasteiger partial charge in [0, 0.05) is 17.1 Å². The van der Waals surface area contributed by atoms with E-state index in [1.165, 1.54) is 28.4 Å². The minimum Gasteiger partial charge on any atom is -0.378 e. The molecule has 2 nitrogen and oxygen atoms in total. The lowest BCUT2D eigenvalue weighted by Crippen LogP contribution is -2.22. The van der Waals surface area contributed by atoms with Gasteiger partial charge >= 0.3 is 0 Å². The van der Waals surface area contributed by atoms with Gasteiger partial charge in [0.2, 0.25) is 0 Å². The fourth-order valence-corrected chi connectivity index (χ4v) is 3.45. The van der Waals surface area contributed by atoms with Gasteiger partial charge in [-0.2, -0.15) is 0 Å². The average Bonchev–Trinajstić information content (AvgIpc) is 2.86. The molecule has 1 saturated heterocycles. The van der Waals surface area contributed by atoms with Crippen molar-refractivity contribution in [2.75, 3.05) is 13.2 Å². The van der Waals surface area contributed by atoms with Crippen LogP contribution in [0.2, 0.25) is 0 Å². The van der Waals surface area contributed by atoms with Crippen LogP contribution in [0.4, 0.5) is 0 Å². The molecule has 2 rings (SSSR count). The molecule has 1 aliphatic rings. The lowest BCUT2D eigenvalue weighted by atomic mass is 9.98. The third-order valence-electron chi connectivity index (χ3n) is 3.72. The monoisotopic (exact) mass is 325 g/mol. The fourth-order valence-electron chi connectivity index (χ4n) is 2.82. The Morgan fingerprint density at radius 3 is 2.89 bits per heavy atom. The molecule has 3 heteroatoms. The van der Waals surface area contributed by atoms with Gasteiger partial charge in [-0.25, -0.2) is 0 Å². The van der Waals surface area contributed by atoms with Gasteiger partial charge in [0.25, 0.3) is 0 Å². The summed E-state index contributed by atoms with van der Waals surface area (Å²) in [6, 6.07) is 7.11. The summed E-state index contributed by atoms with van der Waals surface area (Å²) >= 11 is 3.60. The minimum atomic E-state index is 0.436. The number of hydrogen-bond donors (Lipinski definition) is 1. The van der Waals surface area contributed by atoms with Gasteiger partial charge in [-0.3, -0.25) is 0 Å². The van der Waals surface area contributed by atoms with Crippen molar-refractivity contribution >= 4 is 15.9 Å². The van der Waals surface area contributed by atoms with Crippen LogP contribution in [0.3, 0.4) is 0 Å². The average molecular weight is 326 g/mol. The van der Waals surface area contributed by atoms with E-state index in [-0.39, 0.29) is 0 Å². The first kappa shape index (κ1) is 15.0. The molecule has 0 saturated carbocycles. The van der Waals surface area contributed by atoms with Crippen LogP contribution in [-0.2, 0) is 4.74 Å². The number of aryl methyl sites for hydroxylation is 1. The van der Waals surface area contributed by atoms with Crippen LogP contribution in [0.15, 0.2) is 22.7 Å². The highest BCUT2D eigenvalue weighted by Crippen LogP contribution is 2.26. The highest BCUT2D eigenvalue weighted by Gasteiger charge is 2.18. The summed E-state index contributed by atoms with van der Waals surface area (Å²) in [7, 11) is 0. The summed E-state index contributed by atoms with van der Waals surface area (Å²) in [4.78, 5) is 0. The van der Waals surface area contributed by atoms with Gasteiger partial charge < -0.3 is 10.1 Å². The topological polar surface area (TPSA) is 21.3 Å². The Hall–Kier alpha value is -0.380. The standard InChI is InChI=1S/C16H24BrNO/c1-3-18-16(7-6-15-5-4-8-19-15)13-9-12(2)10-14(17)11-13/h9-11,15-16,18H,3-8H2,1-2H3. The van der Waals surface area contributed by atoms with Crippen molar-refractivity contribution in [1.29, 1.82) is 0 Å². The second-order valence-electron chi connectivity index (χ2n) is 5.38. The Kier molecular flexibility index (Phi) is 5.86. The van der Waals surface area contributed by atoms with Crippen LogP contribution in [-0.4, -0.2) is 19.3 Å². The van der Waals surface area contributed by atoms with Crippen LogP contribution < -0.4 is 5.32 Å². The zero-order valence-corrected chi connectivity index (χ0v) is 13.5. The van der Waals surface area contributed by atoms with E-state index in [4.69, 9.17) is 4.74 Å². The predicted octanol–water partition coefficient (Wildman–Crippen LogP) is 4.37. The first-order valence-electron chi connectivity index (χ1n) is 7.31. The molecule has 1 aliphatic heterocycles. The van der Waals surface area contributed by atoms with E-state index in [1.54, 1.807) is 0 Å². The smallest absolute Gasteiger partial charge is 0.0576 e. The first-order chi connectivity index (χ1) is 9.19. The summed E-state index contributed by atoms with van der Waals surface area (Å²) in [5.74, 6) is 0. The Morgan fingerprint density at radius 2 is 2.26 bits per heavy atom. The largest absolute Gasteiger partial charge is 0.378 e. The molecule has 19 heavy (non-hydrogen) atoms. The fraction of sp³-hybridized carbons (Fsp3) is 0.625. The van der Waals surface area contributed by atoms with E-state index in [1.807, 2.05) is 0 Å². The summed E-state index contributed by atoms with van der Waals surface area (Å²) in [5.41, 5.74) is 2.69. The third-order valence-corrected chi connectivity index (χ3v) is 4.18. The molecule has 1 aromatic carbocycles. The van der Waals surface area contributed by atoms with Crippen molar-refractivity contribution in [2.45, 2.75) is 51.7 Å². The maximum atomic E-state index is 5.73. The quantitative estimate of drug-likeness (QED) is 0.838. The molecule has 1 N–H and O–H groups in total. The molecular formula is C16H24BrNO. The Bertz CT molecular complexity index is 381. The Balaban J connectivity index is 2.00. The number of hydrogen-bond acceptors (Lipinski definition) is 2. The lowest BCUT2D eigenvalue weighted by molar-refractivity contribution is 0.0996. The van der Waals surface area contributed by atoms with E-state index in [0.717, 1.165) is 26.0 Å². The van der Waals surface area contributed by atoms with E-state index in [0.29, 0.717) is 12.1 Å². The van der Waals surface area contributed by atoms with Crippen LogP contribution in [0.1, 0.15) is 49.8 Å². The molecule has 1 fully saturated rings. The van der Waals surface area contributed by atoms with Crippen molar-refractivity contribution in [3.05, 3.63) is 33.8 Å². The van der Waals surface area contributed by atoms with Crippen molar-refractivity contribution in [3.63, 3.8) is 0 Å². The molecule has 0 spiro atoms. The summed E-state index contributed by atoms with van der Waals surface area (Å²) < 4.78 is 6.90. The molecule has 0 aromatic heterocycles. The SMILES string of the molecule is CCNC(CCC1CCCO1)c1cc(C)cc(Br)c1. The third kappa shape index (κ3) is 4.59. The van der Waals surface area contributed by atoms with Crippen LogP contribution in [0.5, 0.6) is 0 Å². The highest BCUT2D eigenvalue weighted by molar-refractivity contribution is 9.10. The van der Waals surface area contributed by atoms with Crippen molar-refractivity contribution in [2.24, 2.45) is 0 Å². The normalized spacial score (nSPS) is 20.7. The molecule has 1 heterocycles. The predicted molar refractivity (Wildman–Crippen MR) is 83.5 cm³/mol. The van der Waals surface area contributed by atoms with Crippen molar-refractivity contribution in [1.82, 2.24) is 5.32 Å². The maximum Gasteiger partial charge on any atom is 0.0576 e. The molecule has 0 aliphatic carbocycles. The van der Waals surface area contributed by atoms with Gasteiger partial charge in [0.15, 0.2) is 0 Å². The summed E-state index contributed by atoms with van der Waals surface area (Å²) in [6.07, 6.45) is 5.25. The van der Waals surface area contributed by atoms with Crippen LogP contribution in [0, 0.1) is 6.92 Å². The van der Waals surface area contributed by atoms with Gasteiger partial charge in [-0.05, 0) is 62.4 Å². The van der Waals surface area contributed by atoms with E-state index in [2.05, 4.69) is 53.3 Å². The van der Waals surface area contributed by atoms with Gasteiger partial charge in [0.1, 0.15) is 0 Å². The first-order valence-corrected chi connectivity index (χ1v) is 8.10. The second-order valence-corrected chi connectivity index (χ2v) is 6.30. The molecule has 1 aromatic rings. The Labute approximate surface area is 125 Å². The van der Waals surface area contributed by atoms with Crippen LogP contribution >= 0.6 is 15.9 Å². The summed E-state index contributed by atoms with van der Waals surface area (Å²) in [5, 5.41) is 3.60. The molecular weight excluding hydrogens is 302 g/mol. The molecule has 106 valence electrons. The second kappa shape index (κ2) is 7.41. The zero-order chi connectivity index (χ0) is 13.7. The number of ether oxygens (including phenoxy) is 1. The molecule has 2 atom stereocenters. The van der Waals surface area contributed by atoms with Gasteiger partial charge in [0.05, 0.1) is 6.10 Å².